The molecule has 0 spiro atoms. The molecule has 11 heteroatoms. The van der Waals surface area contributed by atoms with Crippen LogP contribution in [0.4, 0.5) is 8.78 Å². The number of carbonyl (C=O) groups excluding carboxylic acids is 1. The Kier molecular flexibility index (Phi) is 7.71. The standard InChI is InChI=1S/C29H33F2N5O3S/c1-39-26-14-25-27(13-21(26)28(38)32-7-2-8-35-9-5-18(30)6-10-35)40-29-34-24(16-36(25)29)20-4-3-17(11-22(20)31)23-12-19(37)15-33-23/h3-4,11,13-14,16,18-19,23,33,37H,2,5-10,12,15H2,1H3,(H,32,38)/t19-,23-/m0/s1. The summed E-state index contributed by atoms with van der Waals surface area (Å²) in [4.78, 5) is 20.6. The first kappa shape index (κ1) is 27.1. The average molecular weight is 570 g/mol. The molecule has 0 saturated carbocycles. The van der Waals surface area contributed by atoms with Crippen molar-refractivity contribution < 1.29 is 23.4 Å². The summed E-state index contributed by atoms with van der Waals surface area (Å²) in [6.45, 7) is 3.39. The molecule has 2 saturated heterocycles. The van der Waals surface area contributed by atoms with Crippen molar-refractivity contribution >= 4 is 32.4 Å². The number of hydrogen-bond donors (Lipinski definition) is 3. The number of benzene rings is 2. The number of methoxy groups -OCH3 is 1. The number of thiazole rings is 1. The average Bonchev–Trinajstić information content (AvgIpc) is 3.65. The Bertz CT molecular complexity index is 1530. The number of imidazole rings is 1. The van der Waals surface area contributed by atoms with Gasteiger partial charge in [-0.25, -0.2) is 13.8 Å². The van der Waals surface area contributed by atoms with Crippen molar-refractivity contribution in [3.8, 4) is 17.0 Å². The Morgan fingerprint density at radius 2 is 2.10 bits per heavy atom. The van der Waals surface area contributed by atoms with Gasteiger partial charge in [-0.15, -0.1) is 0 Å². The topological polar surface area (TPSA) is 91.1 Å². The molecule has 4 heterocycles. The number of nitrogens with zero attached hydrogens (tertiary/aromatic N) is 3. The summed E-state index contributed by atoms with van der Waals surface area (Å²) >= 11 is 1.42. The summed E-state index contributed by atoms with van der Waals surface area (Å²) in [6.07, 6.45) is 3.22. The SMILES string of the molecule is COc1cc2c(cc1C(=O)NCCCN1CCC(F)CC1)sc1nc(-c3ccc([C@@H]4C[C@H](O)CN4)cc3F)cn12. The Hall–Kier alpha value is -3.12. The van der Waals surface area contributed by atoms with Gasteiger partial charge in [-0.3, -0.25) is 9.20 Å². The van der Waals surface area contributed by atoms with E-state index in [4.69, 9.17) is 4.74 Å². The van der Waals surface area contributed by atoms with Gasteiger partial charge >= 0.3 is 0 Å². The van der Waals surface area contributed by atoms with E-state index in [2.05, 4.69) is 20.5 Å². The fourth-order valence-electron chi connectivity index (χ4n) is 5.65. The highest BCUT2D eigenvalue weighted by Crippen LogP contribution is 2.35. The van der Waals surface area contributed by atoms with Crippen LogP contribution in [0.25, 0.3) is 26.4 Å². The number of alkyl halides is 1. The Labute approximate surface area is 235 Å². The largest absolute Gasteiger partial charge is 0.496 e. The van der Waals surface area contributed by atoms with E-state index in [0.29, 0.717) is 59.9 Å². The van der Waals surface area contributed by atoms with Crippen molar-refractivity contribution in [1.29, 1.82) is 0 Å². The zero-order chi connectivity index (χ0) is 27.8. The van der Waals surface area contributed by atoms with Crippen molar-refractivity contribution in [1.82, 2.24) is 24.9 Å². The van der Waals surface area contributed by atoms with E-state index >= 15 is 4.39 Å². The van der Waals surface area contributed by atoms with Crippen molar-refractivity contribution in [2.24, 2.45) is 0 Å². The van der Waals surface area contributed by atoms with Crippen LogP contribution >= 0.6 is 11.3 Å². The van der Waals surface area contributed by atoms with Gasteiger partial charge in [0, 0.05) is 50.0 Å². The van der Waals surface area contributed by atoms with Gasteiger partial charge in [-0.2, -0.15) is 0 Å². The number of amides is 1. The van der Waals surface area contributed by atoms with Gasteiger partial charge in [0.1, 0.15) is 17.7 Å². The van der Waals surface area contributed by atoms with Crippen LogP contribution in [-0.2, 0) is 0 Å². The van der Waals surface area contributed by atoms with Crippen molar-refractivity contribution in [3.05, 3.63) is 53.5 Å². The Morgan fingerprint density at radius 1 is 1.27 bits per heavy atom. The van der Waals surface area contributed by atoms with Gasteiger partial charge in [-0.05, 0) is 56.0 Å². The number of carbonyl (C=O) groups is 1. The van der Waals surface area contributed by atoms with Gasteiger partial charge in [-0.1, -0.05) is 17.4 Å². The lowest BCUT2D eigenvalue weighted by atomic mass is 10.0. The highest BCUT2D eigenvalue weighted by atomic mass is 32.1. The lowest BCUT2D eigenvalue weighted by molar-refractivity contribution is 0.0947. The lowest BCUT2D eigenvalue weighted by Crippen LogP contribution is -2.36. The van der Waals surface area contributed by atoms with E-state index < -0.39 is 12.3 Å². The van der Waals surface area contributed by atoms with Crippen LogP contribution < -0.4 is 15.4 Å². The number of rotatable bonds is 8. The Balaban J connectivity index is 1.17. The van der Waals surface area contributed by atoms with Gasteiger partial charge < -0.3 is 25.4 Å². The maximum atomic E-state index is 15.1. The van der Waals surface area contributed by atoms with E-state index in [0.717, 1.165) is 41.8 Å². The molecular weight excluding hydrogens is 536 g/mol. The maximum absolute atomic E-state index is 15.1. The van der Waals surface area contributed by atoms with Crippen molar-refractivity contribution in [3.63, 3.8) is 0 Å². The first-order chi connectivity index (χ1) is 19.4. The first-order valence-electron chi connectivity index (χ1n) is 13.7. The van der Waals surface area contributed by atoms with Crippen LogP contribution in [0.1, 0.15) is 47.6 Å². The maximum Gasteiger partial charge on any atom is 0.255 e. The second-order valence-corrected chi connectivity index (χ2v) is 11.6. The normalized spacial score (nSPS) is 20.5. The molecule has 4 aromatic rings. The number of nitrogens with one attached hydrogen (secondary N) is 2. The molecule has 2 fully saturated rings. The van der Waals surface area contributed by atoms with Crippen LogP contribution in [0, 0.1) is 5.82 Å². The lowest BCUT2D eigenvalue weighted by Gasteiger charge is -2.28. The van der Waals surface area contributed by atoms with Gasteiger partial charge in [0.05, 0.1) is 34.7 Å². The minimum Gasteiger partial charge on any atom is -0.496 e. The molecule has 2 atom stereocenters. The molecule has 0 aliphatic carbocycles. The summed E-state index contributed by atoms with van der Waals surface area (Å²) in [5.74, 6) is -0.120. The molecule has 0 radical (unpaired) electrons. The molecule has 2 aliphatic heterocycles. The zero-order valence-electron chi connectivity index (χ0n) is 22.3. The zero-order valence-corrected chi connectivity index (χ0v) is 23.1. The molecule has 8 nitrogen and oxygen atoms in total. The van der Waals surface area contributed by atoms with Crippen LogP contribution in [0.3, 0.4) is 0 Å². The predicted molar refractivity (Wildman–Crippen MR) is 151 cm³/mol. The second-order valence-electron chi connectivity index (χ2n) is 10.6. The summed E-state index contributed by atoms with van der Waals surface area (Å²) in [5, 5.41) is 16.0. The van der Waals surface area contributed by atoms with Crippen molar-refractivity contribution in [2.75, 3.05) is 39.8 Å². The van der Waals surface area contributed by atoms with Gasteiger partial charge in [0.2, 0.25) is 0 Å². The number of piperidine rings is 1. The third-order valence-corrected chi connectivity index (χ3v) is 8.91. The Morgan fingerprint density at radius 3 is 2.83 bits per heavy atom. The summed E-state index contributed by atoms with van der Waals surface area (Å²) in [6, 6.07) is 8.68. The van der Waals surface area contributed by atoms with E-state index in [1.54, 1.807) is 12.3 Å². The third-order valence-electron chi connectivity index (χ3n) is 7.89. The number of aliphatic hydroxyl groups is 1. The summed E-state index contributed by atoms with van der Waals surface area (Å²) < 4.78 is 36.8. The number of aromatic nitrogens is 2. The van der Waals surface area contributed by atoms with Crippen LogP contribution in [0.15, 0.2) is 36.5 Å². The van der Waals surface area contributed by atoms with E-state index in [9.17, 15) is 14.3 Å². The van der Waals surface area contributed by atoms with Gasteiger partial charge in [0.15, 0.2) is 4.96 Å². The van der Waals surface area contributed by atoms with E-state index in [1.807, 2.05) is 22.6 Å². The molecule has 6 rings (SSSR count). The quantitative estimate of drug-likeness (QED) is 0.274. The summed E-state index contributed by atoms with van der Waals surface area (Å²) in [7, 11) is 1.53. The molecule has 3 N–H and O–H groups in total. The van der Waals surface area contributed by atoms with E-state index in [1.165, 1.54) is 24.5 Å². The van der Waals surface area contributed by atoms with E-state index in [-0.39, 0.29) is 17.8 Å². The highest BCUT2D eigenvalue weighted by molar-refractivity contribution is 7.23. The molecule has 40 heavy (non-hydrogen) atoms. The number of ether oxygens (including phenoxy) is 1. The van der Waals surface area contributed by atoms with Crippen LogP contribution in [0.5, 0.6) is 5.75 Å². The molecule has 0 unspecified atom stereocenters. The number of fused-ring (bicyclic) bond motifs is 3. The number of hydrogen-bond acceptors (Lipinski definition) is 7. The third kappa shape index (κ3) is 5.43. The number of β-amino-alcohol motifs (C(OH)–C–C–N with tert-alkyl or cyclic N) is 1. The predicted octanol–water partition coefficient (Wildman–Crippen LogP) is 4.31. The van der Waals surface area contributed by atoms with Crippen LogP contribution in [0.2, 0.25) is 0 Å². The number of likely N-dealkylation sites (tertiary alicyclic amines) is 1. The highest BCUT2D eigenvalue weighted by Gasteiger charge is 2.25. The first-order valence-corrected chi connectivity index (χ1v) is 14.6. The minimum atomic E-state index is -0.687. The number of halogens is 2. The van der Waals surface area contributed by atoms with Crippen molar-refractivity contribution in [2.45, 2.75) is 44.0 Å². The second kappa shape index (κ2) is 11.4. The fraction of sp³-hybridized carbons (Fsp3) is 0.448. The minimum absolute atomic E-state index is 0.0629. The molecule has 1 amide bonds. The molecule has 2 aromatic carbocycles. The molecule has 2 aliphatic rings. The molecule has 212 valence electrons. The smallest absolute Gasteiger partial charge is 0.255 e. The van der Waals surface area contributed by atoms with Crippen LogP contribution in [-0.4, -0.2) is 77.4 Å². The summed E-state index contributed by atoms with van der Waals surface area (Å²) in [5.41, 5.74) is 3.01. The molecule has 2 aromatic heterocycles. The number of aliphatic hydroxyl groups excluding tert-OH is 1. The molecule has 0 bridgehead atoms. The molecular formula is C29H33F2N5O3S. The monoisotopic (exact) mass is 569 g/mol. The fourth-order valence-corrected chi connectivity index (χ4v) is 6.68. The van der Waals surface area contributed by atoms with Gasteiger partial charge in [0.25, 0.3) is 5.91 Å².